The number of hydrogen-bond donors (Lipinski definition) is 1. The first-order chi connectivity index (χ1) is 9.41. The molecule has 1 rings (SSSR count). The minimum absolute atomic E-state index is 0.151. The lowest BCUT2D eigenvalue weighted by Gasteiger charge is -2.10. The monoisotopic (exact) mass is 299 g/mol. The van der Waals surface area contributed by atoms with Gasteiger partial charge in [0, 0.05) is 19.1 Å². The van der Waals surface area contributed by atoms with Crippen molar-refractivity contribution in [2.45, 2.75) is 46.1 Å². The van der Waals surface area contributed by atoms with E-state index in [0.29, 0.717) is 19.0 Å². The maximum atomic E-state index is 12.0. The average Bonchev–Trinajstić information content (AvgIpc) is 2.37. The number of aromatic nitrogens is 2. The average molecular weight is 300 g/mol. The topological polar surface area (TPSA) is 64.1 Å². The molecule has 1 amide bonds. The Hall–Kier alpha value is -1.20. The number of nitrogens with one attached hydrogen (secondary N) is 1. The van der Waals surface area contributed by atoms with Gasteiger partial charge in [-0.1, -0.05) is 25.4 Å². The molecule has 0 spiro atoms. The van der Waals surface area contributed by atoms with Crippen molar-refractivity contribution in [1.82, 2.24) is 15.3 Å². The molecule has 0 radical (unpaired) electrons. The summed E-state index contributed by atoms with van der Waals surface area (Å²) in [5.74, 6) is 0.491. The molecule has 0 aliphatic carbocycles. The standard InChI is InChI=1S/C14H22ClN3O2/c1-9(2)13-17-8-11(15)12(18-13)14(19)16-6-5-7-20-10(3)4/h8-10H,5-7H2,1-4H3,(H,16,19). The molecule has 0 atom stereocenters. The SMILES string of the molecule is CC(C)OCCCNC(=O)c1nc(C(C)C)ncc1Cl. The fourth-order valence-corrected chi connectivity index (χ4v) is 1.67. The lowest BCUT2D eigenvalue weighted by atomic mass is 10.2. The molecule has 0 saturated carbocycles. The predicted molar refractivity (Wildman–Crippen MR) is 79.2 cm³/mol. The van der Waals surface area contributed by atoms with Crippen LogP contribution in [0.15, 0.2) is 6.20 Å². The maximum Gasteiger partial charge on any atom is 0.271 e. The summed E-state index contributed by atoms with van der Waals surface area (Å²) in [6.07, 6.45) is 2.43. The summed E-state index contributed by atoms with van der Waals surface area (Å²) >= 11 is 5.97. The number of nitrogens with zero attached hydrogens (tertiary/aromatic N) is 2. The third kappa shape index (κ3) is 5.43. The van der Waals surface area contributed by atoms with Gasteiger partial charge in [0.15, 0.2) is 0 Å². The van der Waals surface area contributed by atoms with Crippen molar-refractivity contribution in [3.63, 3.8) is 0 Å². The van der Waals surface area contributed by atoms with Crippen LogP contribution in [0, 0.1) is 0 Å². The molecule has 0 aromatic carbocycles. The van der Waals surface area contributed by atoms with E-state index in [1.807, 2.05) is 27.7 Å². The van der Waals surface area contributed by atoms with Crippen LogP contribution in [0.4, 0.5) is 0 Å². The third-order valence-corrected chi connectivity index (χ3v) is 2.83. The van der Waals surface area contributed by atoms with E-state index in [-0.39, 0.29) is 28.6 Å². The van der Waals surface area contributed by atoms with Crippen molar-refractivity contribution in [2.24, 2.45) is 0 Å². The Labute approximate surface area is 125 Å². The summed E-state index contributed by atoms with van der Waals surface area (Å²) in [4.78, 5) is 20.3. The van der Waals surface area contributed by atoms with Gasteiger partial charge in [-0.2, -0.15) is 0 Å². The zero-order valence-corrected chi connectivity index (χ0v) is 13.2. The van der Waals surface area contributed by atoms with Gasteiger partial charge >= 0.3 is 0 Å². The number of halogens is 1. The molecular weight excluding hydrogens is 278 g/mol. The van der Waals surface area contributed by atoms with E-state index in [1.165, 1.54) is 6.20 Å². The normalized spacial score (nSPS) is 11.2. The highest BCUT2D eigenvalue weighted by Crippen LogP contribution is 2.16. The highest BCUT2D eigenvalue weighted by Gasteiger charge is 2.14. The number of hydrogen-bond acceptors (Lipinski definition) is 4. The second-order valence-corrected chi connectivity index (χ2v) is 5.52. The van der Waals surface area contributed by atoms with Gasteiger partial charge in [-0.25, -0.2) is 9.97 Å². The number of ether oxygens (including phenoxy) is 1. The summed E-state index contributed by atoms with van der Waals surface area (Å²) in [6.45, 7) is 9.04. The van der Waals surface area contributed by atoms with E-state index in [9.17, 15) is 4.79 Å². The summed E-state index contributed by atoms with van der Waals surface area (Å²) < 4.78 is 5.40. The van der Waals surface area contributed by atoms with E-state index in [4.69, 9.17) is 16.3 Å². The zero-order valence-electron chi connectivity index (χ0n) is 12.4. The Bertz CT molecular complexity index is 450. The van der Waals surface area contributed by atoms with Crippen LogP contribution in [0.25, 0.3) is 0 Å². The molecule has 112 valence electrons. The first-order valence-corrected chi connectivity index (χ1v) is 7.21. The highest BCUT2D eigenvalue weighted by molar-refractivity contribution is 6.33. The molecule has 1 heterocycles. The second kappa shape index (κ2) is 8.17. The van der Waals surface area contributed by atoms with Crippen molar-refractivity contribution in [1.29, 1.82) is 0 Å². The molecule has 0 aliphatic heterocycles. The summed E-state index contributed by atoms with van der Waals surface area (Å²) in [5, 5.41) is 3.05. The molecule has 6 heteroatoms. The maximum absolute atomic E-state index is 12.0. The molecule has 5 nitrogen and oxygen atoms in total. The molecule has 1 aromatic heterocycles. The number of amides is 1. The van der Waals surface area contributed by atoms with Crippen LogP contribution in [-0.2, 0) is 4.74 Å². The molecule has 0 unspecified atom stereocenters. The van der Waals surface area contributed by atoms with Crippen LogP contribution >= 0.6 is 11.6 Å². The molecule has 0 aliphatic rings. The molecule has 0 fully saturated rings. The Morgan fingerprint density at radius 3 is 2.70 bits per heavy atom. The van der Waals surface area contributed by atoms with Crippen LogP contribution < -0.4 is 5.32 Å². The number of carbonyl (C=O) groups is 1. The molecule has 0 bridgehead atoms. The molecule has 1 aromatic rings. The molecule has 1 N–H and O–H groups in total. The second-order valence-electron chi connectivity index (χ2n) is 5.11. The van der Waals surface area contributed by atoms with Crippen LogP contribution in [0.5, 0.6) is 0 Å². The van der Waals surface area contributed by atoms with Gasteiger partial charge < -0.3 is 10.1 Å². The first kappa shape index (κ1) is 16.9. The molecule has 0 saturated heterocycles. The minimum Gasteiger partial charge on any atom is -0.379 e. The molecule has 20 heavy (non-hydrogen) atoms. The van der Waals surface area contributed by atoms with E-state index in [0.717, 1.165) is 6.42 Å². The van der Waals surface area contributed by atoms with E-state index < -0.39 is 0 Å². The summed E-state index contributed by atoms with van der Waals surface area (Å²) in [6, 6.07) is 0. The van der Waals surface area contributed by atoms with Crippen LogP contribution in [0.1, 0.15) is 56.3 Å². The molecular formula is C14H22ClN3O2. The fraction of sp³-hybridized carbons (Fsp3) is 0.643. The zero-order chi connectivity index (χ0) is 15.1. The largest absolute Gasteiger partial charge is 0.379 e. The van der Waals surface area contributed by atoms with Crippen molar-refractivity contribution >= 4 is 17.5 Å². The van der Waals surface area contributed by atoms with Gasteiger partial charge in [-0.15, -0.1) is 0 Å². The van der Waals surface area contributed by atoms with E-state index in [2.05, 4.69) is 15.3 Å². The quantitative estimate of drug-likeness (QED) is 0.786. The predicted octanol–water partition coefficient (Wildman–Crippen LogP) is 2.80. The first-order valence-electron chi connectivity index (χ1n) is 6.84. The minimum atomic E-state index is -0.274. The van der Waals surface area contributed by atoms with Crippen molar-refractivity contribution in [3.8, 4) is 0 Å². The van der Waals surface area contributed by atoms with Gasteiger partial charge in [0.05, 0.1) is 17.3 Å². The Morgan fingerprint density at radius 2 is 2.10 bits per heavy atom. The summed E-state index contributed by atoms with van der Waals surface area (Å²) in [5.41, 5.74) is 0.232. The van der Waals surface area contributed by atoms with Gasteiger partial charge in [-0.05, 0) is 20.3 Å². The van der Waals surface area contributed by atoms with Crippen LogP contribution in [-0.4, -0.2) is 35.1 Å². The van der Waals surface area contributed by atoms with Crippen LogP contribution in [0.2, 0.25) is 5.02 Å². The van der Waals surface area contributed by atoms with E-state index in [1.54, 1.807) is 0 Å². The van der Waals surface area contributed by atoms with Crippen LogP contribution in [0.3, 0.4) is 0 Å². The van der Waals surface area contributed by atoms with Gasteiger partial charge in [0.25, 0.3) is 5.91 Å². The lowest BCUT2D eigenvalue weighted by Crippen LogP contribution is -2.27. The van der Waals surface area contributed by atoms with Crippen molar-refractivity contribution < 1.29 is 9.53 Å². The number of carbonyl (C=O) groups excluding carboxylic acids is 1. The highest BCUT2D eigenvalue weighted by atomic mass is 35.5. The van der Waals surface area contributed by atoms with Gasteiger partial charge in [0.1, 0.15) is 11.5 Å². The summed E-state index contributed by atoms with van der Waals surface area (Å²) in [7, 11) is 0. The lowest BCUT2D eigenvalue weighted by molar-refractivity contribution is 0.0756. The van der Waals surface area contributed by atoms with Crippen molar-refractivity contribution in [3.05, 3.63) is 22.7 Å². The Kier molecular flexibility index (Phi) is 6.88. The van der Waals surface area contributed by atoms with Gasteiger partial charge in [-0.3, -0.25) is 4.79 Å². The van der Waals surface area contributed by atoms with Gasteiger partial charge in [0.2, 0.25) is 0 Å². The Morgan fingerprint density at radius 1 is 1.40 bits per heavy atom. The van der Waals surface area contributed by atoms with E-state index >= 15 is 0 Å². The smallest absolute Gasteiger partial charge is 0.271 e. The third-order valence-electron chi connectivity index (χ3n) is 2.55. The fourth-order valence-electron chi connectivity index (χ4n) is 1.50. The Balaban J connectivity index is 2.52. The van der Waals surface area contributed by atoms with Crippen molar-refractivity contribution in [2.75, 3.05) is 13.2 Å². The number of rotatable bonds is 7.